The van der Waals surface area contributed by atoms with E-state index in [1.165, 1.54) is 0 Å². The quantitative estimate of drug-likeness (QED) is 0.850. The molecule has 0 saturated carbocycles. The van der Waals surface area contributed by atoms with Crippen molar-refractivity contribution in [3.8, 4) is 0 Å². The van der Waals surface area contributed by atoms with Crippen LogP contribution in [0.3, 0.4) is 0 Å². The first-order chi connectivity index (χ1) is 9.41. The van der Waals surface area contributed by atoms with E-state index < -0.39 is 5.97 Å². The molecule has 20 heavy (non-hydrogen) atoms. The number of aromatic nitrogens is 2. The minimum atomic E-state index is -0.759. The SMILES string of the molecule is Cn1c(=O)n(C)c2cc(CCCCC(=O)O)c(Br)cc21. The van der Waals surface area contributed by atoms with Crippen molar-refractivity contribution in [1.82, 2.24) is 9.13 Å². The number of hydrogen-bond acceptors (Lipinski definition) is 2. The number of benzene rings is 1. The lowest BCUT2D eigenvalue weighted by atomic mass is 10.1. The van der Waals surface area contributed by atoms with Crippen molar-refractivity contribution < 1.29 is 9.90 Å². The molecule has 0 radical (unpaired) electrons. The van der Waals surface area contributed by atoms with Gasteiger partial charge in [0, 0.05) is 25.0 Å². The van der Waals surface area contributed by atoms with E-state index in [4.69, 9.17) is 5.11 Å². The van der Waals surface area contributed by atoms with Crippen LogP contribution in [0.25, 0.3) is 11.0 Å². The molecule has 1 aromatic heterocycles. The number of nitrogens with zero attached hydrogens (tertiary/aromatic N) is 2. The third-order valence-electron chi connectivity index (χ3n) is 3.53. The third-order valence-corrected chi connectivity index (χ3v) is 4.27. The Labute approximate surface area is 125 Å². The first-order valence-electron chi connectivity index (χ1n) is 6.47. The van der Waals surface area contributed by atoms with Gasteiger partial charge in [0.15, 0.2) is 0 Å². The van der Waals surface area contributed by atoms with Gasteiger partial charge in [-0.2, -0.15) is 0 Å². The molecular formula is C14H17BrN2O3. The van der Waals surface area contributed by atoms with Crippen LogP contribution in [-0.2, 0) is 25.3 Å². The van der Waals surface area contributed by atoms with Crippen LogP contribution in [-0.4, -0.2) is 20.2 Å². The molecule has 1 heterocycles. The molecule has 0 aliphatic heterocycles. The summed E-state index contributed by atoms with van der Waals surface area (Å²) in [6.45, 7) is 0. The fraction of sp³-hybridized carbons (Fsp3) is 0.429. The maximum absolute atomic E-state index is 11.9. The number of rotatable bonds is 5. The van der Waals surface area contributed by atoms with E-state index in [0.29, 0.717) is 6.42 Å². The molecule has 0 unspecified atom stereocenters. The van der Waals surface area contributed by atoms with Crippen molar-refractivity contribution in [1.29, 1.82) is 0 Å². The van der Waals surface area contributed by atoms with Crippen LogP contribution in [0.5, 0.6) is 0 Å². The Balaban J connectivity index is 2.26. The highest BCUT2D eigenvalue weighted by Gasteiger charge is 2.11. The summed E-state index contributed by atoms with van der Waals surface area (Å²) in [6.07, 6.45) is 2.47. The van der Waals surface area contributed by atoms with Gasteiger partial charge in [-0.15, -0.1) is 0 Å². The van der Waals surface area contributed by atoms with Gasteiger partial charge in [-0.05, 0) is 37.0 Å². The molecule has 0 aliphatic rings. The number of carboxylic acid groups (broad SMARTS) is 1. The third kappa shape index (κ3) is 2.80. The molecule has 2 rings (SSSR count). The van der Waals surface area contributed by atoms with Gasteiger partial charge >= 0.3 is 11.7 Å². The van der Waals surface area contributed by atoms with Gasteiger partial charge in [-0.1, -0.05) is 15.9 Å². The molecule has 0 aliphatic carbocycles. The average Bonchev–Trinajstić information content (AvgIpc) is 2.60. The Hall–Kier alpha value is -1.56. The molecule has 1 N–H and O–H groups in total. The lowest BCUT2D eigenvalue weighted by Crippen LogP contribution is -2.19. The molecule has 0 fully saturated rings. The highest BCUT2D eigenvalue weighted by Crippen LogP contribution is 2.25. The van der Waals surface area contributed by atoms with E-state index in [1.54, 1.807) is 23.2 Å². The molecule has 2 aromatic rings. The van der Waals surface area contributed by atoms with Crippen LogP contribution >= 0.6 is 15.9 Å². The number of aryl methyl sites for hydroxylation is 3. The minimum absolute atomic E-state index is 0.0464. The van der Waals surface area contributed by atoms with Crippen molar-refractivity contribution in [2.24, 2.45) is 14.1 Å². The molecule has 6 heteroatoms. The number of carbonyl (C=O) groups is 1. The van der Waals surface area contributed by atoms with Crippen LogP contribution in [0, 0.1) is 0 Å². The van der Waals surface area contributed by atoms with E-state index in [9.17, 15) is 9.59 Å². The van der Waals surface area contributed by atoms with E-state index in [0.717, 1.165) is 33.9 Å². The monoisotopic (exact) mass is 340 g/mol. The molecule has 1 aromatic carbocycles. The standard InChI is InChI=1S/C14H17BrN2O3/c1-16-11-7-9(5-3-4-6-13(18)19)10(15)8-12(11)17(2)14(16)20/h7-8H,3-6H2,1-2H3,(H,18,19). The summed E-state index contributed by atoms with van der Waals surface area (Å²) in [5.41, 5.74) is 2.84. The van der Waals surface area contributed by atoms with Crippen molar-refractivity contribution >= 4 is 32.9 Å². The summed E-state index contributed by atoms with van der Waals surface area (Å²) in [7, 11) is 3.51. The zero-order chi connectivity index (χ0) is 14.9. The van der Waals surface area contributed by atoms with Crippen LogP contribution in [0.2, 0.25) is 0 Å². The van der Waals surface area contributed by atoms with Gasteiger partial charge in [0.05, 0.1) is 11.0 Å². The maximum atomic E-state index is 11.9. The molecule has 0 amide bonds. The first kappa shape index (κ1) is 14.8. The number of aliphatic carboxylic acids is 1. The predicted molar refractivity (Wildman–Crippen MR) is 81.1 cm³/mol. The largest absolute Gasteiger partial charge is 0.481 e. The summed E-state index contributed by atoms with van der Waals surface area (Å²) >= 11 is 3.53. The first-order valence-corrected chi connectivity index (χ1v) is 7.26. The summed E-state index contributed by atoms with van der Waals surface area (Å²) in [5, 5.41) is 8.63. The van der Waals surface area contributed by atoms with Gasteiger partial charge in [0.2, 0.25) is 0 Å². The number of fused-ring (bicyclic) bond motifs is 1. The average molecular weight is 341 g/mol. The molecule has 0 bridgehead atoms. The number of carboxylic acids is 1. The number of hydrogen-bond donors (Lipinski definition) is 1. The van der Waals surface area contributed by atoms with Crippen molar-refractivity contribution in [2.45, 2.75) is 25.7 Å². The molecule has 5 nitrogen and oxygen atoms in total. The summed E-state index contributed by atoms with van der Waals surface area (Å²) in [5.74, 6) is -0.759. The highest BCUT2D eigenvalue weighted by atomic mass is 79.9. The van der Waals surface area contributed by atoms with Crippen LogP contribution in [0.4, 0.5) is 0 Å². The van der Waals surface area contributed by atoms with Crippen LogP contribution in [0.15, 0.2) is 21.4 Å². The molecule has 0 atom stereocenters. The topological polar surface area (TPSA) is 64.2 Å². The lowest BCUT2D eigenvalue weighted by molar-refractivity contribution is -0.137. The molecular weight excluding hydrogens is 324 g/mol. The summed E-state index contributed by atoms with van der Waals surface area (Å²) < 4.78 is 4.21. The van der Waals surface area contributed by atoms with Crippen molar-refractivity contribution in [2.75, 3.05) is 0 Å². The zero-order valence-corrected chi connectivity index (χ0v) is 13.1. The summed E-state index contributed by atoms with van der Waals surface area (Å²) in [6, 6.07) is 3.95. The Morgan fingerprint density at radius 2 is 1.80 bits per heavy atom. The fourth-order valence-electron chi connectivity index (χ4n) is 2.35. The van der Waals surface area contributed by atoms with Gasteiger partial charge < -0.3 is 5.11 Å². The van der Waals surface area contributed by atoms with E-state index in [2.05, 4.69) is 15.9 Å². The van der Waals surface area contributed by atoms with E-state index in [1.807, 2.05) is 12.1 Å². The van der Waals surface area contributed by atoms with Gasteiger partial charge in [-0.25, -0.2) is 4.79 Å². The van der Waals surface area contributed by atoms with Gasteiger partial charge in [0.1, 0.15) is 0 Å². The number of imidazole rings is 1. The Morgan fingerprint density at radius 3 is 2.40 bits per heavy atom. The second kappa shape index (κ2) is 5.83. The normalized spacial score (nSPS) is 11.2. The summed E-state index contributed by atoms with van der Waals surface area (Å²) in [4.78, 5) is 22.4. The Morgan fingerprint density at radius 1 is 1.20 bits per heavy atom. The second-order valence-electron chi connectivity index (χ2n) is 4.93. The molecule has 0 saturated heterocycles. The van der Waals surface area contributed by atoms with E-state index >= 15 is 0 Å². The van der Waals surface area contributed by atoms with E-state index in [-0.39, 0.29) is 12.1 Å². The smallest absolute Gasteiger partial charge is 0.328 e. The number of unbranched alkanes of at least 4 members (excludes halogenated alkanes) is 1. The van der Waals surface area contributed by atoms with Crippen molar-refractivity contribution in [3.05, 3.63) is 32.7 Å². The minimum Gasteiger partial charge on any atom is -0.481 e. The Bertz CT molecular complexity index is 715. The van der Waals surface area contributed by atoms with Crippen LogP contribution < -0.4 is 5.69 Å². The fourth-order valence-corrected chi connectivity index (χ4v) is 2.88. The van der Waals surface area contributed by atoms with Gasteiger partial charge in [-0.3, -0.25) is 13.9 Å². The second-order valence-corrected chi connectivity index (χ2v) is 5.79. The predicted octanol–water partition coefficient (Wildman–Crippen LogP) is 2.44. The molecule has 0 spiro atoms. The molecule has 108 valence electrons. The van der Waals surface area contributed by atoms with Crippen molar-refractivity contribution in [3.63, 3.8) is 0 Å². The lowest BCUT2D eigenvalue weighted by Gasteiger charge is -2.06. The number of halogens is 1. The maximum Gasteiger partial charge on any atom is 0.328 e. The van der Waals surface area contributed by atoms with Crippen LogP contribution in [0.1, 0.15) is 24.8 Å². The zero-order valence-electron chi connectivity index (χ0n) is 11.5. The van der Waals surface area contributed by atoms with Gasteiger partial charge in [0.25, 0.3) is 0 Å². The Kier molecular flexibility index (Phi) is 4.32. The highest BCUT2D eigenvalue weighted by molar-refractivity contribution is 9.10.